The molecule has 0 amide bonds. The van der Waals surface area contributed by atoms with Crippen LogP contribution in [0.4, 0.5) is 10.8 Å². The second-order valence-corrected chi connectivity index (χ2v) is 7.61. The van der Waals surface area contributed by atoms with Gasteiger partial charge in [-0.1, -0.05) is 42.9 Å². The molecule has 0 unspecified atom stereocenters. The van der Waals surface area contributed by atoms with Crippen molar-refractivity contribution in [1.82, 2.24) is 9.97 Å². The van der Waals surface area contributed by atoms with Crippen molar-refractivity contribution in [3.05, 3.63) is 66.0 Å². The van der Waals surface area contributed by atoms with Gasteiger partial charge in [0.15, 0.2) is 0 Å². The molecule has 0 aromatic carbocycles. The van der Waals surface area contributed by atoms with Crippen LogP contribution in [0.3, 0.4) is 0 Å². The molecule has 0 aliphatic rings. The van der Waals surface area contributed by atoms with E-state index in [1.54, 1.807) is 11.3 Å². The zero-order valence-electron chi connectivity index (χ0n) is 16.0. The maximum absolute atomic E-state index is 5.78. The zero-order chi connectivity index (χ0) is 19.2. The average Bonchev–Trinajstić information content (AvgIpc) is 3.08. The van der Waals surface area contributed by atoms with Gasteiger partial charge in [-0.2, -0.15) is 0 Å². The second-order valence-electron chi connectivity index (χ2n) is 6.58. The number of hydrogen-bond donors (Lipinski definition) is 2. The lowest BCUT2D eigenvalue weighted by atomic mass is 10.1. The SMILES string of the molecule is C=C/C(=C(/C)CN)c1ccc2cc(Nc3cc(CCCC)ccn3)sc2n1. The van der Waals surface area contributed by atoms with Gasteiger partial charge in [0.2, 0.25) is 0 Å². The molecule has 0 aliphatic carbocycles. The molecule has 0 saturated heterocycles. The van der Waals surface area contributed by atoms with Crippen molar-refractivity contribution in [3.8, 4) is 0 Å². The summed E-state index contributed by atoms with van der Waals surface area (Å²) >= 11 is 1.63. The van der Waals surface area contributed by atoms with Gasteiger partial charge in [-0.3, -0.25) is 0 Å². The molecule has 3 aromatic heterocycles. The van der Waals surface area contributed by atoms with Crippen LogP contribution in [0.1, 0.15) is 37.9 Å². The summed E-state index contributed by atoms with van der Waals surface area (Å²) in [5, 5.41) is 5.57. The molecule has 0 spiro atoms. The maximum atomic E-state index is 5.78. The van der Waals surface area contributed by atoms with Crippen LogP contribution in [-0.2, 0) is 6.42 Å². The molecule has 4 nitrogen and oxygen atoms in total. The molecule has 0 bridgehead atoms. The Kier molecular flexibility index (Phi) is 6.37. The smallest absolute Gasteiger partial charge is 0.131 e. The average molecular weight is 379 g/mol. The molecule has 0 radical (unpaired) electrons. The molecule has 0 aliphatic heterocycles. The van der Waals surface area contributed by atoms with Crippen LogP contribution < -0.4 is 11.1 Å². The highest BCUT2D eigenvalue weighted by Crippen LogP contribution is 2.32. The highest BCUT2D eigenvalue weighted by Gasteiger charge is 2.09. The van der Waals surface area contributed by atoms with Crippen LogP contribution in [0.25, 0.3) is 15.8 Å². The normalized spacial score (nSPS) is 12.1. The maximum Gasteiger partial charge on any atom is 0.131 e. The van der Waals surface area contributed by atoms with Crippen molar-refractivity contribution in [2.45, 2.75) is 33.1 Å². The van der Waals surface area contributed by atoms with Gasteiger partial charge in [0.05, 0.1) is 10.7 Å². The Morgan fingerprint density at radius 3 is 2.89 bits per heavy atom. The fourth-order valence-corrected chi connectivity index (χ4v) is 3.88. The van der Waals surface area contributed by atoms with Gasteiger partial charge in [0.25, 0.3) is 0 Å². The summed E-state index contributed by atoms with van der Waals surface area (Å²) < 4.78 is 0. The van der Waals surface area contributed by atoms with E-state index in [1.165, 1.54) is 18.4 Å². The molecule has 3 aromatic rings. The van der Waals surface area contributed by atoms with Crippen LogP contribution in [0.2, 0.25) is 0 Å². The summed E-state index contributed by atoms with van der Waals surface area (Å²) in [6.07, 6.45) is 7.17. The number of anilines is 2. The third-order valence-corrected chi connectivity index (χ3v) is 5.48. The van der Waals surface area contributed by atoms with Gasteiger partial charge in [-0.25, -0.2) is 9.97 Å². The molecule has 0 fully saturated rings. The minimum Gasteiger partial charge on any atom is -0.332 e. The molecule has 27 heavy (non-hydrogen) atoms. The molecule has 0 atom stereocenters. The molecule has 0 saturated carbocycles. The van der Waals surface area contributed by atoms with Crippen LogP contribution in [0.5, 0.6) is 0 Å². The van der Waals surface area contributed by atoms with Gasteiger partial charge in [-0.15, -0.1) is 0 Å². The first kappa shape index (κ1) is 19.3. The van der Waals surface area contributed by atoms with E-state index in [9.17, 15) is 0 Å². The minimum absolute atomic E-state index is 0.498. The van der Waals surface area contributed by atoms with Crippen LogP contribution in [0.15, 0.2) is 54.8 Å². The van der Waals surface area contributed by atoms with E-state index in [0.29, 0.717) is 6.54 Å². The number of unbranched alkanes of at least 4 members (excludes halogenated alkanes) is 1. The first-order valence-electron chi connectivity index (χ1n) is 9.29. The summed E-state index contributed by atoms with van der Waals surface area (Å²) in [5.74, 6) is 0.876. The van der Waals surface area contributed by atoms with E-state index in [0.717, 1.165) is 44.3 Å². The first-order valence-corrected chi connectivity index (χ1v) is 10.1. The quantitative estimate of drug-likeness (QED) is 0.494. The predicted molar refractivity (Wildman–Crippen MR) is 118 cm³/mol. The van der Waals surface area contributed by atoms with Gasteiger partial charge < -0.3 is 11.1 Å². The number of thiophene rings is 1. The lowest BCUT2D eigenvalue weighted by molar-refractivity contribution is 0.794. The standard InChI is InChI=1S/C22H26N4S/c1-4-6-7-16-10-11-24-20(12-16)26-21-13-17-8-9-19(25-22(17)27-21)18(5-2)15(3)14-23/h5,8-13H,2,4,6-7,14,23H2,1,3H3,(H,24,26)/b18-15+. The third kappa shape index (κ3) is 4.62. The number of aryl methyl sites for hydroxylation is 1. The first-order chi connectivity index (χ1) is 13.1. The third-order valence-electron chi connectivity index (χ3n) is 4.52. The minimum atomic E-state index is 0.498. The largest absolute Gasteiger partial charge is 0.332 e. The van der Waals surface area contributed by atoms with E-state index in [-0.39, 0.29) is 0 Å². The number of rotatable bonds is 8. The Hall–Kier alpha value is -2.50. The zero-order valence-corrected chi connectivity index (χ0v) is 16.8. The van der Waals surface area contributed by atoms with Crippen molar-refractivity contribution in [2.75, 3.05) is 11.9 Å². The highest BCUT2D eigenvalue weighted by molar-refractivity contribution is 7.22. The Bertz CT molecular complexity index is 971. The highest BCUT2D eigenvalue weighted by atomic mass is 32.1. The van der Waals surface area contributed by atoms with Gasteiger partial charge >= 0.3 is 0 Å². The number of pyridine rings is 2. The lowest BCUT2D eigenvalue weighted by Crippen LogP contribution is -2.03. The molecule has 3 N–H and O–H groups in total. The van der Waals surface area contributed by atoms with Crippen molar-refractivity contribution in [3.63, 3.8) is 0 Å². The van der Waals surface area contributed by atoms with Gasteiger partial charge in [-0.05, 0) is 61.2 Å². The van der Waals surface area contributed by atoms with E-state index >= 15 is 0 Å². The predicted octanol–water partition coefficient (Wildman–Crippen LogP) is 5.70. The fraction of sp³-hybridized carbons (Fsp3) is 0.273. The number of aromatic nitrogens is 2. The Balaban J connectivity index is 1.86. The molecule has 5 heteroatoms. The second kappa shape index (κ2) is 8.93. The number of nitrogens with zero attached hydrogens (tertiary/aromatic N) is 2. The molecular weight excluding hydrogens is 352 g/mol. The summed E-state index contributed by atoms with van der Waals surface area (Å²) in [4.78, 5) is 10.2. The summed E-state index contributed by atoms with van der Waals surface area (Å²) in [7, 11) is 0. The van der Waals surface area contributed by atoms with E-state index in [1.807, 2.05) is 25.3 Å². The molecule has 3 heterocycles. The van der Waals surface area contributed by atoms with Crippen LogP contribution in [-0.4, -0.2) is 16.5 Å². The van der Waals surface area contributed by atoms with Crippen molar-refractivity contribution >= 4 is 37.9 Å². The number of nitrogens with one attached hydrogen (secondary N) is 1. The lowest BCUT2D eigenvalue weighted by Gasteiger charge is -2.06. The number of fused-ring (bicyclic) bond motifs is 1. The number of allylic oxidation sites excluding steroid dienone is 2. The van der Waals surface area contributed by atoms with Crippen molar-refractivity contribution in [2.24, 2.45) is 5.73 Å². The van der Waals surface area contributed by atoms with E-state index < -0.39 is 0 Å². The Morgan fingerprint density at radius 2 is 2.15 bits per heavy atom. The van der Waals surface area contributed by atoms with Crippen molar-refractivity contribution in [1.29, 1.82) is 0 Å². The molecular formula is C22H26N4S. The van der Waals surface area contributed by atoms with Crippen LogP contribution >= 0.6 is 11.3 Å². The summed E-state index contributed by atoms with van der Waals surface area (Å²) in [5.41, 5.74) is 10.1. The topological polar surface area (TPSA) is 63.8 Å². The fourth-order valence-electron chi connectivity index (χ4n) is 2.94. The summed E-state index contributed by atoms with van der Waals surface area (Å²) in [6.45, 7) is 8.63. The molecule has 140 valence electrons. The monoisotopic (exact) mass is 378 g/mol. The van der Waals surface area contributed by atoms with Gasteiger partial charge in [0.1, 0.15) is 10.6 Å². The van der Waals surface area contributed by atoms with Crippen LogP contribution in [0, 0.1) is 0 Å². The number of nitrogens with two attached hydrogens (primary N) is 1. The Labute approximate surface area is 164 Å². The van der Waals surface area contributed by atoms with Crippen molar-refractivity contribution < 1.29 is 0 Å². The van der Waals surface area contributed by atoms with Gasteiger partial charge in [0, 0.05) is 18.1 Å². The molecule has 3 rings (SSSR count). The van der Waals surface area contributed by atoms with E-state index in [4.69, 9.17) is 10.7 Å². The number of hydrogen-bond acceptors (Lipinski definition) is 5. The summed E-state index contributed by atoms with van der Waals surface area (Å²) in [6, 6.07) is 10.4. The van der Waals surface area contributed by atoms with E-state index in [2.05, 4.69) is 48.1 Å². The Morgan fingerprint density at radius 1 is 1.30 bits per heavy atom.